The number of hydrogen-bond donors (Lipinski definition) is 2. The van der Waals surface area contributed by atoms with Gasteiger partial charge in [-0.25, -0.2) is 4.98 Å². The van der Waals surface area contributed by atoms with Crippen LogP contribution in [-0.2, 0) is 4.79 Å². The average Bonchev–Trinajstić information content (AvgIpc) is 2.16. The molecule has 1 atom stereocenters. The third kappa shape index (κ3) is 2.92. The Kier molecular flexibility index (Phi) is 3.76. The first-order valence-electron chi connectivity index (χ1n) is 4.31. The van der Waals surface area contributed by atoms with Crippen LogP contribution in [0.3, 0.4) is 0 Å². The number of nitrogen functional groups attached to an aromatic ring is 1. The molecule has 4 nitrogen and oxygen atoms in total. The van der Waals surface area contributed by atoms with Gasteiger partial charge < -0.3 is 11.5 Å². The lowest BCUT2D eigenvalue weighted by Crippen LogP contribution is -2.24. The van der Waals surface area contributed by atoms with Gasteiger partial charge in [-0.2, -0.15) is 0 Å². The van der Waals surface area contributed by atoms with Crippen molar-refractivity contribution in [2.75, 3.05) is 5.73 Å². The van der Waals surface area contributed by atoms with Gasteiger partial charge in [0.2, 0.25) is 5.91 Å². The molecule has 0 bridgehead atoms. The van der Waals surface area contributed by atoms with Crippen LogP contribution in [0.5, 0.6) is 0 Å². The first-order valence-corrected chi connectivity index (χ1v) is 5.19. The first kappa shape index (κ1) is 10.8. The largest absolute Gasteiger partial charge is 0.397 e. The van der Waals surface area contributed by atoms with Crippen LogP contribution >= 0.6 is 11.8 Å². The highest BCUT2D eigenvalue weighted by Crippen LogP contribution is 2.23. The van der Waals surface area contributed by atoms with Crippen molar-refractivity contribution < 1.29 is 4.79 Å². The molecule has 1 aromatic heterocycles. The number of rotatable bonds is 4. The minimum atomic E-state index is -0.309. The molecule has 1 rings (SSSR count). The fourth-order valence-electron chi connectivity index (χ4n) is 0.950. The van der Waals surface area contributed by atoms with Gasteiger partial charge in [0.1, 0.15) is 0 Å². The Morgan fingerprint density at radius 1 is 1.64 bits per heavy atom. The summed E-state index contributed by atoms with van der Waals surface area (Å²) in [5.41, 5.74) is 11.3. The molecule has 1 aromatic rings. The summed E-state index contributed by atoms with van der Waals surface area (Å²) < 4.78 is 0. The van der Waals surface area contributed by atoms with Crippen molar-refractivity contribution in [1.29, 1.82) is 0 Å². The number of nitrogens with zero attached hydrogens (tertiary/aromatic N) is 1. The van der Waals surface area contributed by atoms with Gasteiger partial charge in [0, 0.05) is 0 Å². The Morgan fingerprint density at radius 3 is 2.79 bits per heavy atom. The van der Waals surface area contributed by atoms with E-state index in [9.17, 15) is 4.79 Å². The number of thioether (sulfide) groups is 1. The summed E-state index contributed by atoms with van der Waals surface area (Å²) >= 11 is 1.36. The van der Waals surface area contributed by atoms with E-state index in [-0.39, 0.29) is 11.2 Å². The van der Waals surface area contributed by atoms with E-state index in [1.54, 1.807) is 18.3 Å². The van der Waals surface area contributed by atoms with Crippen molar-refractivity contribution in [3.63, 3.8) is 0 Å². The van der Waals surface area contributed by atoms with Crippen LogP contribution in [0.25, 0.3) is 0 Å². The van der Waals surface area contributed by atoms with Crippen LogP contribution in [-0.4, -0.2) is 16.1 Å². The Bertz CT molecular complexity index is 312. The zero-order valence-electron chi connectivity index (χ0n) is 7.93. The molecule has 1 amide bonds. The topological polar surface area (TPSA) is 82.0 Å². The van der Waals surface area contributed by atoms with Gasteiger partial charge in [-0.05, 0) is 18.6 Å². The van der Waals surface area contributed by atoms with Gasteiger partial charge >= 0.3 is 0 Å². The molecule has 1 heterocycles. The molecule has 0 fully saturated rings. The summed E-state index contributed by atoms with van der Waals surface area (Å²) in [5.74, 6) is -0.309. The second-order valence-electron chi connectivity index (χ2n) is 2.85. The predicted molar refractivity (Wildman–Crippen MR) is 57.8 cm³/mol. The number of amides is 1. The number of hydrogen-bond acceptors (Lipinski definition) is 4. The van der Waals surface area contributed by atoms with E-state index >= 15 is 0 Å². The number of anilines is 1. The van der Waals surface area contributed by atoms with E-state index in [1.165, 1.54) is 11.8 Å². The van der Waals surface area contributed by atoms with Crippen LogP contribution in [0, 0.1) is 0 Å². The van der Waals surface area contributed by atoms with Crippen molar-refractivity contribution in [2.24, 2.45) is 5.73 Å². The van der Waals surface area contributed by atoms with E-state index < -0.39 is 0 Å². The molecule has 0 saturated carbocycles. The second-order valence-corrected chi connectivity index (χ2v) is 4.07. The fourth-order valence-corrected chi connectivity index (χ4v) is 1.78. The summed E-state index contributed by atoms with van der Waals surface area (Å²) in [6.07, 6.45) is 2.27. The molecule has 0 aliphatic rings. The SMILES string of the molecule is CCC(Sc1ccc(N)cn1)C(N)=O. The van der Waals surface area contributed by atoms with Crippen LogP contribution in [0.4, 0.5) is 5.69 Å². The predicted octanol–water partition coefficient (Wildman–Crippen LogP) is 1.02. The molecule has 5 heteroatoms. The standard InChI is InChI=1S/C9H13N3OS/c1-2-7(9(11)13)14-8-4-3-6(10)5-12-8/h3-5,7H,2,10H2,1H3,(H2,11,13). The van der Waals surface area contributed by atoms with Crippen molar-refractivity contribution in [1.82, 2.24) is 4.98 Å². The van der Waals surface area contributed by atoms with Crippen molar-refractivity contribution in [3.8, 4) is 0 Å². The lowest BCUT2D eigenvalue weighted by atomic mass is 10.3. The van der Waals surface area contributed by atoms with E-state index in [4.69, 9.17) is 11.5 Å². The van der Waals surface area contributed by atoms with Crippen molar-refractivity contribution in [2.45, 2.75) is 23.6 Å². The minimum Gasteiger partial charge on any atom is -0.397 e. The second kappa shape index (κ2) is 4.85. The van der Waals surface area contributed by atoms with Gasteiger partial charge in [0.25, 0.3) is 0 Å². The minimum absolute atomic E-state index is 0.217. The highest BCUT2D eigenvalue weighted by atomic mass is 32.2. The van der Waals surface area contributed by atoms with E-state index in [2.05, 4.69) is 4.98 Å². The van der Waals surface area contributed by atoms with Gasteiger partial charge in [-0.15, -0.1) is 0 Å². The van der Waals surface area contributed by atoms with Gasteiger partial charge in [0.05, 0.1) is 22.2 Å². The quantitative estimate of drug-likeness (QED) is 0.728. The van der Waals surface area contributed by atoms with Crippen LogP contribution in [0.1, 0.15) is 13.3 Å². The molecule has 4 N–H and O–H groups in total. The monoisotopic (exact) mass is 211 g/mol. The number of primary amides is 1. The molecular weight excluding hydrogens is 198 g/mol. The number of carbonyl (C=O) groups is 1. The lowest BCUT2D eigenvalue weighted by Gasteiger charge is -2.08. The van der Waals surface area contributed by atoms with Gasteiger partial charge in [-0.1, -0.05) is 18.7 Å². The Labute approximate surface area is 87.1 Å². The number of carbonyl (C=O) groups excluding carboxylic acids is 1. The maximum atomic E-state index is 11.0. The molecule has 1 unspecified atom stereocenters. The zero-order chi connectivity index (χ0) is 10.6. The maximum Gasteiger partial charge on any atom is 0.230 e. The zero-order valence-corrected chi connectivity index (χ0v) is 8.75. The highest BCUT2D eigenvalue weighted by molar-refractivity contribution is 8.00. The molecule has 0 spiro atoms. The molecule has 0 saturated heterocycles. The average molecular weight is 211 g/mol. The normalized spacial score (nSPS) is 12.4. The number of pyridine rings is 1. The summed E-state index contributed by atoms with van der Waals surface area (Å²) in [5, 5.41) is 0.552. The van der Waals surface area contributed by atoms with Crippen molar-refractivity contribution >= 4 is 23.4 Å². The van der Waals surface area contributed by atoms with Gasteiger partial charge in [0.15, 0.2) is 0 Å². The molecule has 14 heavy (non-hydrogen) atoms. The van der Waals surface area contributed by atoms with E-state index in [0.717, 1.165) is 5.03 Å². The number of nitrogens with two attached hydrogens (primary N) is 2. The highest BCUT2D eigenvalue weighted by Gasteiger charge is 2.14. The van der Waals surface area contributed by atoms with Crippen molar-refractivity contribution in [3.05, 3.63) is 18.3 Å². The third-order valence-corrected chi connectivity index (χ3v) is 3.04. The molecule has 76 valence electrons. The molecule has 0 aromatic carbocycles. The Morgan fingerprint density at radius 2 is 2.36 bits per heavy atom. The number of aromatic nitrogens is 1. The Hall–Kier alpha value is -1.23. The smallest absolute Gasteiger partial charge is 0.230 e. The molecule has 0 aliphatic carbocycles. The van der Waals surface area contributed by atoms with Crippen LogP contribution in [0.2, 0.25) is 0 Å². The molecule has 0 radical (unpaired) electrons. The van der Waals surface area contributed by atoms with Crippen LogP contribution in [0.15, 0.2) is 23.4 Å². The third-order valence-electron chi connectivity index (χ3n) is 1.71. The lowest BCUT2D eigenvalue weighted by molar-refractivity contribution is -0.117. The van der Waals surface area contributed by atoms with Gasteiger partial charge in [-0.3, -0.25) is 4.79 Å². The van der Waals surface area contributed by atoms with Crippen LogP contribution < -0.4 is 11.5 Å². The van der Waals surface area contributed by atoms with E-state index in [0.29, 0.717) is 12.1 Å². The first-order chi connectivity index (χ1) is 6.63. The molecular formula is C9H13N3OS. The summed E-state index contributed by atoms with van der Waals surface area (Å²) in [6.45, 7) is 1.92. The van der Waals surface area contributed by atoms with E-state index in [1.807, 2.05) is 6.92 Å². The summed E-state index contributed by atoms with van der Waals surface area (Å²) in [6, 6.07) is 3.54. The molecule has 0 aliphatic heterocycles. The Balaban J connectivity index is 2.67. The maximum absolute atomic E-state index is 11.0. The summed E-state index contributed by atoms with van der Waals surface area (Å²) in [7, 11) is 0. The fraction of sp³-hybridized carbons (Fsp3) is 0.333. The summed E-state index contributed by atoms with van der Waals surface area (Å²) in [4.78, 5) is 15.0.